The zero-order valence-corrected chi connectivity index (χ0v) is 11.1. The molecule has 0 fully saturated rings. The lowest BCUT2D eigenvalue weighted by molar-refractivity contribution is -0.120. The maximum Gasteiger partial charge on any atom is 0.239 e. The largest absolute Gasteiger partial charge is 0.376 e. The highest BCUT2D eigenvalue weighted by Crippen LogP contribution is 2.15. The Bertz CT molecular complexity index is 388. The van der Waals surface area contributed by atoms with Crippen molar-refractivity contribution in [3.05, 3.63) is 29.3 Å². The molecule has 0 aromatic heterocycles. The van der Waals surface area contributed by atoms with Crippen LogP contribution in [0.5, 0.6) is 0 Å². The lowest BCUT2D eigenvalue weighted by Crippen LogP contribution is -2.36. The minimum Gasteiger partial charge on any atom is -0.376 e. The maximum atomic E-state index is 11.6. The second-order valence-electron chi connectivity index (χ2n) is 4.55. The third-order valence-electron chi connectivity index (χ3n) is 2.85. The average molecular weight is 234 g/mol. The third-order valence-corrected chi connectivity index (χ3v) is 2.85. The molecular weight excluding hydrogens is 212 g/mol. The first kappa shape index (κ1) is 13.6. The van der Waals surface area contributed by atoms with Crippen molar-refractivity contribution in [1.29, 1.82) is 0 Å². The van der Waals surface area contributed by atoms with Crippen molar-refractivity contribution >= 4 is 11.6 Å². The van der Waals surface area contributed by atoms with E-state index in [0.717, 1.165) is 17.7 Å². The van der Waals surface area contributed by atoms with Crippen LogP contribution in [-0.2, 0) is 4.79 Å². The number of hydrogen-bond acceptors (Lipinski definition) is 2. The molecule has 1 aromatic rings. The fraction of sp³-hybridized carbons (Fsp3) is 0.500. The van der Waals surface area contributed by atoms with Crippen molar-refractivity contribution in [2.75, 3.05) is 11.9 Å². The molecule has 3 nitrogen and oxygen atoms in total. The molecule has 0 saturated heterocycles. The summed E-state index contributed by atoms with van der Waals surface area (Å²) in [6.45, 7) is 8.48. The van der Waals surface area contributed by atoms with Crippen LogP contribution in [0.2, 0.25) is 0 Å². The Kier molecular flexibility index (Phi) is 5.01. The van der Waals surface area contributed by atoms with Crippen LogP contribution in [-0.4, -0.2) is 18.5 Å². The van der Waals surface area contributed by atoms with Crippen molar-refractivity contribution in [3.63, 3.8) is 0 Å². The lowest BCUT2D eigenvalue weighted by atomic mass is 10.1. The van der Waals surface area contributed by atoms with E-state index in [4.69, 9.17) is 0 Å². The highest BCUT2D eigenvalue weighted by atomic mass is 16.1. The van der Waals surface area contributed by atoms with E-state index in [0.29, 0.717) is 6.54 Å². The molecule has 1 atom stereocenters. The van der Waals surface area contributed by atoms with Gasteiger partial charge in [-0.2, -0.15) is 0 Å². The summed E-state index contributed by atoms with van der Waals surface area (Å²) in [4.78, 5) is 11.6. The summed E-state index contributed by atoms with van der Waals surface area (Å²) in [6.07, 6.45) is 0.954. The number of aryl methyl sites for hydroxylation is 2. The van der Waals surface area contributed by atoms with Gasteiger partial charge in [-0.25, -0.2) is 0 Å². The van der Waals surface area contributed by atoms with Gasteiger partial charge < -0.3 is 10.6 Å². The molecule has 2 N–H and O–H groups in total. The average Bonchev–Trinajstić information content (AvgIpc) is 2.30. The van der Waals surface area contributed by atoms with Gasteiger partial charge in [0.1, 0.15) is 0 Å². The topological polar surface area (TPSA) is 41.1 Å². The Balaban J connectivity index is 2.50. The molecule has 1 amide bonds. The lowest BCUT2D eigenvalue weighted by Gasteiger charge is -2.13. The Hall–Kier alpha value is -1.51. The van der Waals surface area contributed by atoms with Crippen molar-refractivity contribution in [1.82, 2.24) is 5.32 Å². The zero-order valence-electron chi connectivity index (χ0n) is 11.1. The SMILES string of the molecule is CCC(C)NC(=O)CNc1cc(C)ccc1C. The van der Waals surface area contributed by atoms with Gasteiger partial charge in [-0.1, -0.05) is 19.1 Å². The van der Waals surface area contributed by atoms with Gasteiger partial charge in [0.25, 0.3) is 0 Å². The molecule has 3 heteroatoms. The molecule has 0 saturated carbocycles. The second-order valence-corrected chi connectivity index (χ2v) is 4.55. The van der Waals surface area contributed by atoms with Gasteiger partial charge in [0.2, 0.25) is 5.91 Å². The molecule has 0 aliphatic rings. The van der Waals surface area contributed by atoms with Crippen LogP contribution >= 0.6 is 0 Å². The number of rotatable bonds is 5. The summed E-state index contributed by atoms with van der Waals surface area (Å²) in [6, 6.07) is 6.43. The molecule has 0 aliphatic heterocycles. The second kappa shape index (κ2) is 6.28. The Labute approximate surface area is 104 Å². The predicted molar refractivity (Wildman–Crippen MR) is 72.3 cm³/mol. The third kappa shape index (κ3) is 4.47. The molecule has 1 aromatic carbocycles. The van der Waals surface area contributed by atoms with Crippen molar-refractivity contribution in [3.8, 4) is 0 Å². The van der Waals surface area contributed by atoms with Crippen LogP contribution in [0.25, 0.3) is 0 Å². The van der Waals surface area contributed by atoms with Gasteiger partial charge in [-0.3, -0.25) is 4.79 Å². The van der Waals surface area contributed by atoms with Gasteiger partial charge in [-0.05, 0) is 44.4 Å². The summed E-state index contributed by atoms with van der Waals surface area (Å²) in [5, 5.41) is 6.10. The van der Waals surface area contributed by atoms with Gasteiger partial charge >= 0.3 is 0 Å². The summed E-state index contributed by atoms with van der Waals surface area (Å²) < 4.78 is 0. The fourth-order valence-electron chi connectivity index (χ4n) is 1.53. The quantitative estimate of drug-likeness (QED) is 0.822. The first-order chi connectivity index (χ1) is 8.02. The first-order valence-electron chi connectivity index (χ1n) is 6.13. The van der Waals surface area contributed by atoms with E-state index < -0.39 is 0 Å². The fourth-order valence-corrected chi connectivity index (χ4v) is 1.53. The van der Waals surface area contributed by atoms with E-state index in [9.17, 15) is 4.79 Å². The number of carbonyl (C=O) groups excluding carboxylic acids is 1. The van der Waals surface area contributed by atoms with Crippen LogP contribution in [0.4, 0.5) is 5.69 Å². The van der Waals surface area contributed by atoms with Crippen molar-refractivity contribution in [2.45, 2.75) is 40.2 Å². The molecule has 1 rings (SSSR count). The summed E-state index contributed by atoms with van der Waals surface area (Å²) in [5.41, 5.74) is 3.39. The van der Waals surface area contributed by atoms with Crippen LogP contribution in [0, 0.1) is 13.8 Å². The number of anilines is 1. The van der Waals surface area contributed by atoms with E-state index in [1.807, 2.05) is 20.8 Å². The highest BCUT2D eigenvalue weighted by molar-refractivity contribution is 5.81. The maximum absolute atomic E-state index is 11.6. The van der Waals surface area contributed by atoms with Crippen LogP contribution in [0.1, 0.15) is 31.4 Å². The number of hydrogen-bond donors (Lipinski definition) is 2. The first-order valence-corrected chi connectivity index (χ1v) is 6.13. The number of carbonyl (C=O) groups is 1. The van der Waals surface area contributed by atoms with E-state index in [2.05, 4.69) is 35.8 Å². The summed E-state index contributed by atoms with van der Waals surface area (Å²) in [7, 11) is 0. The summed E-state index contributed by atoms with van der Waals surface area (Å²) >= 11 is 0. The van der Waals surface area contributed by atoms with Crippen LogP contribution in [0.15, 0.2) is 18.2 Å². The highest BCUT2D eigenvalue weighted by Gasteiger charge is 2.05. The van der Waals surface area contributed by atoms with E-state index in [-0.39, 0.29) is 11.9 Å². The van der Waals surface area contributed by atoms with Gasteiger partial charge in [0.15, 0.2) is 0 Å². The van der Waals surface area contributed by atoms with Crippen LogP contribution < -0.4 is 10.6 Å². The normalized spacial score (nSPS) is 12.0. The van der Waals surface area contributed by atoms with E-state index in [1.54, 1.807) is 0 Å². The number of nitrogens with one attached hydrogen (secondary N) is 2. The standard InChI is InChI=1S/C14H22N2O/c1-5-12(4)16-14(17)9-15-13-8-10(2)6-7-11(13)3/h6-8,12,15H,5,9H2,1-4H3,(H,16,17). The molecule has 0 aliphatic carbocycles. The predicted octanol–water partition coefficient (Wildman–Crippen LogP) is 2.63. The molecule has 1 unspecified atom stereocenters. The van der Waals surface area contributed by atoms with E-state index in [1.165, 1.54) is 5.56 Å². The Morgan fingerprint density at radius 3 is 2.71 bits per heavy atom. The smallest absolute Gasteiger partial charge is 0.239 e. The molecular formula is C14H22N2O. The molecule has 94 valence electrons. The number of amides is 1. The van der Waals surface area contributed by atoms with Crippen LogP contribution in [0.3, 0.4) is 0 Å². The number of benzene rings is 1. The van der Waals surface area contributed by atoms with Gasteiger partial charge in [-0.15, -0.1) is 0 Å². The Morgan fingerprint density at radius 1 is 1.35 bits per heavy atom. The minimum absolute atomic E-state index is 0.0419. The molecule has 0 heterocycles. The monoisotopic (exact) mass is 234 g/mol. The summed E-state index contributed by atoms with van der Waals surface area (Å²) in [5.74, 6) is 0.0419. The Morgan fingerprint density at radius 2 is 2.06 bits per heavy atom. The van der Waals surface area contributed by atoms with E-state index >= 15 is 0 Å². The van der Waals surface area contributed by atoms with Gasteiger partial charge in [0.05, 0.1) is 6.54 Å². The molecule has 0 spiro atoms. The molecule has 17 heavy (non-hydrogen) atoms. The van der Waals surface area contributed by atoms with Gasteiger partial charge in [0, 0.05) is 11.7 Å². The minimum atomic E-state index is 0.0419. The zero-order chi connectivity index (χ0) is 12.8. The molecule has 0 bridgehead atoms. The van der Waals surface area contributed by atoms with Crippen molar-refractivity contribution < 1.29 is 4.79 Å². The van der Waals surface area contributed by atoms with Crippen molar-refractivity contribution in [2.24, 2.45) is 0 Å². The molecule has 0 radical (unpaired) electrons.